The number of halogens is 2. The lowest BCUT2D eigenvalue weighted by Crippen LogP contribution is -1.99. The molecule has 4 heterocycles. The SMILES string of the molecule is Nc1ccc2c(n1)-c1sc(-c3n[nH]nc3-c3ccc(F)cc3F)cc1CCO2. The second-order valence-electron chi connectivity index (χ2n) is 6.29. The first-order chi connectivity index (χ1) is 13.6. The maximum Gasteiger partial charge on any atom is 0.146 e. The third-order valence-electron chi connectivity index (χ3n) is 4.50. The summed E-state index contributed by atoms with van der Waals surface area (Å²) in [5, 5.41) is 10.8. The van der Waals surface area contributed by atoms with Gasteiger partial charge >= 0.3 is 0 Å². The number of aromatic amines is 1. The number of anilines is 1. The van der Waals surface area contributed by atoms with E-state index in [-0.39, 0.29) is 5.56 Å². The molecule has 0 saturated heterocycles. The minimum absolute atomic E-state index is 0.180. The van der Waals surface area contributed by atoms with Crippen LogP contribution in [0.5, 0.6) is 5.75 Å². The van der Waals surface area contributed by atoms with Crippen LogP contribution in [0.4, 0.5) is 14.6 Å². The molecule has 4 aromatic rings. The number of nitrogen functional groups attached to an aromatic ring is 1. The molecular formula is C19H13F2N5OS. The largest absolute Gasteiger partial charge is 0.491 e. The first-order valence-electron chi connectivity index (χ1n) is 8.49. The number of aromatic nitrogens is 4. The standard InChI is InChI=1S/C19H13F2N5OS/c20-10-1-2-11(12(21)8-10)16-18(25-26-24-16)14-7-9-5-6-27-13-3-4-15(22)23-17(13)19(9)28-14/h1-4,7-8H,5-6H2,(H2,22,23)(H,24,25,26). The molecule has 1 aliphatic rings. The highest BCUT2D eigenvalue weighted by Crippen LogP contribution is 2.44. The molecule has 0 amide bonds. The van der Waals surface area contributed by atoms with Crippen LogP contribution < -0.4 is 10.5 Å². The number of benzene rings is 1. The number of fused-ring (bicyclic) bond motifs is 3. The smallest absolute Gasteiger partial charge is 0.146 e. The Morgan fingerprint density at radius 3 is 2.75 bits per heavy atom. The number of H-pyrrole nitrogens is 1. The number of nitrogens with two attached hydrogens (primary N) is 1. The Morgan fingerprint density at radius 1 is 1.04 bits per heavy atom. The number of hydrogen-bond donors (Lipinski definition) is 2. The van der Waals surface area contributed by atoms with Crippen LogP contribution in [0.2, 0.25) is 0 Å². The minimum Gasteiger partial charge on any atom is -0.491 e. The summed E-state index contributed by atoms with van der Waals surface area (Å²) in [7, 11) is 0. The van der Waals surface area contributed by atoms with Crippen molar-refractivity contribution in [2.75, 3.05) is 12.3 Å². The average molecular weight is 397 g/mol. The van der Waals surface area contributed by atoms with E-state index in [1.165, 1.54) is 23.5 Å². The number of pyridine rings is 1. The van der Waals surface area contributed by atoms with Gasteiger partial charge in [-0.2, -0.15) is 15.4 Å². The second-order valence-corrected chi connectivity index (χ2v) is 7.34. The third-order valence-corrected chi connectivity index (χ3v) is 5.69. The van der Waals surface area contributed by atoms with Crippen molar-refractivity contribution >= 4 is 17.2 Å². The van der Waals surface area contributed by atoms with Gasteiger partial charge in [-0.05, 0) is 35.9 Å². The molecule has 3 N–H and O–H groups in total. The minimum atomic E-state index is -0.693. The molecule has 0 fully saturated rings. The quantitative estimate of drug-likeness (QED) is 0.532. The van der Waals surface area contributed by atoms with Crippen molar-refractivity contribution in [2.45, 2.75) is 6.42 Å². The fraction of sp³-hybridized carbons (Fsp3) is 0.105. The lowest BCUT2D eigenvalue weighted by atomic mass is 10.1. The van der Waals surface area contributed by atoms with Crippen molar-refractivity contribution < 1.29 is 13.5 Å². The van der Waals surface area contributed by atoms with E-state index < -0.39 is 11.6 Å². The zero-order valence-corrected chi connectivity index (χ0v) is 15.2. The summed E-state index contributed by atoms with van der Waals surface area (Å²) >= 11 is 1.46. The molecule has 0 atom stereocenters. The number of rotatable bonds is 2. The Hall–Kier alpha value is -3.33. The number of hydrogen-bond acceptors (Lipinski definition) is 6. The second kappa shape index (κ2) is 6.38. The molecule has 0 radical (unpaired) electrons. The van der Waals surface area contributed by atoms with Gasteiger partial charge in [0.1, 0.15) is 40.3 Å². The van der Waals surface area contributed by atoms with Crippen LogP contribution in [0.3, 0.4) is 0 Å². The van der Waals surface area contributed by atoms with Gasteiger partial charge in [-0.1, -0.05) is 0 Å². The Morgan fingerprint density at radius 2 is 1.89 bits per heavy atom. The monoisotopic (exact) mass is 397 g/mol. The first kappa shape index (κ1) is 16.8. The molecule has 1 aliphatic heterocycles. The molecule has 6 nitrogen and oxygen atoms in total. The summed E-state index contributed by atoms with van der Waals surface area (Å²) in [6, 6.07) is 8.87. The topological polar surface area (TPSA) is 89.7 Å². The molecule has 28 heavy (non-hydrogen) atoms. The average Bonchev–Trinajstić information content (AvgIpc) is 3.27. The zero-order chi connectivity index (χ0) is 19.3. The van der Waals surface area contributed by atoms with Crippen molar-refractivity contribution in [3.63, 3.8) is 0 Å². The van der Waals surface area contributed by atoms with E-state index in [1.54, 1.807) is 6.07 Å². The fourth-order valence-electron chi connectivity index (χ4n) is 3.22. The maximum atomic E-state index is 14.3. The Kier molecular flexibility index (Phi) is 3.83. The normalized spacial score (nSPS) is 12.8. The van der Waals surface area contributed by atoms with Gasteiger partial charge in [0.2, 0.25) is 0 Å². The summed E-state index contributed by atoms with van der Waals surface area (Å²) < 4.78 is 33.3. The van der Waals surface area contributed by atoms with Crippen LogP contribution in [-0.4, -0.2) is 27.0 Å². The highest BCUT2D eigenvalue weighted by atomic mass is 32.1. The number of ether oxygens (including phenoxy) is 1. The lowest BCUT2D eigenvalue weighted by molar-refractivity contribution is 0.325. The van der Waals surface area contributed by atoms with Gasteiger partial charge in [0.25, 0.3) is 0 Å². The van der Waals surface area contributed by atoms with E-state index in [9.17, 15) is 8.78 Å². The lowest BCUT2D eigenvalue weighted by Gasteiger charge is -2.06. The van der Waals surface area contributed by atoms with Crippen molar-refractivity contribution in [2.24, 2.45) is 0 Å². The first-order valence-corrected chi connectivity index (χ1v) is 9.31. The molecule has 0 saturated carbocycles. The molecular weight excluding hydrogens is 384 g/mol. The van der Waals surface area contributed by atoms with E-state index in [0.29, 0.717) is 41.7 Å². The van der Waals surface area contributed by atoms with E-state index in [1.807, 2.05) is 12.1 Å². The zero-order valence-electron chi connectivity index (χ0n) is 14.4. The highest BCUT2D eigenvalue weighted by Gasteiger charge is 2.24. The molecule has 9 heteroatoms. The molecule has 0 unspecified atom stereocenters. The summed E-state index contributed by atoms with van der Waals surface area (Å²) in [6.45, 7) is 0.514. The van der Waals surface area contributed by atoms with E-state index in [0.717, 1.165) is 21.4 Å². The van der Waals surface area contributed by atoms with E-state index in [2.05, 4.69) is 20.4 Å². The predicted molar refractivity (Wildman–Crippen MR) is 102 cm³/mol. The van der Waals surface area contributed by atoms with Crippen LogP contribution in [0.15, 0.2) is 36.4 Å². The molecule has 0 aliphatic carbocycles. The molecule has 1 aromatic carbocycles. The van der Waals surface area contributed by atoms with Crippen LogP contribution in [0.1, 0.15) is 5.56 Å². The van der Waals surface area contributed by atoms with E-state index in [4.69, 9.17) is 10.5 Å². The van der Waals surface area contributed by atoms with Crippen LogP contribution in [0, 0.1) is 11.6 Å². The van der Waals surface area contributed by atoms with Gasteiger partial charge in [-0.3, -0.25) is 0 Å². The third kappa shape index (κ3) is 2.71. The van der Waals surface area contributed by atoms with Crippen molar-refractivity contribution in [3.05, 3.63) is 53.6 Å². The van der Waals surface area contributed by atoms with Gasteiger partial charge in [0.05, 0.1) is 16.4 Å². The number of nitrogens with one attached hydrogen (secondary N) is 1. The van der Waals surface area contributed by atoms with Gasteiger partial charge in [-0.25, -0.2) is 13.8 Å². The molecule has 140 valence electrons. The molecule has 3 aromatic heterocycles. The van der Waals surface area contributed by atoms with Gasteiger partial charge in [0.15, 0.2) is 0 Å². The van der Waals surface area contributed by atoms with Crippen LogP contribution in [-0.2, 0) is 6.42 Å². The molecule has 0 bridgehead atoms. The number of nitrogens with zero attached hydrogens (tertiary/aromatic N) is 3. The maximum absolute atomic E-state index is 14.3. The fourth-order valence-corrected chi connectivity index (χ4v) is 4.41. The predicted octanol–water partition coefficient (Wildman–Crippen LogP) is 4.06. The molecule has 5 rings (SSSR count). The van der Waals surface area contributed by atoms with Crippen molar-refractivity contribution in [3.8, 4) is 38.1 Å². The van der Waals surface area contributed by atoms with Crippen LogP contribution >= 0.6 is 11.3 Å². The van der Waals surface area contributed by atoms with Crippen molar-refractivity contribution in [1.82, 2.24) is 20.4 Å². The van der Waals surface area contributed by atoms with Gasteiger partial charge in [-0.15, -0.1) is 11.3 Å². The Bertz CT molecular complexity index is 1200. The number of thiophene rings is 1. The Balaban J connectivity index is 1.65. The van der Waals surface area contributed by atoms with Crippen molar-refractivity contribution in [1.29, 1.82) is 0 Å². The highest BCUT2D eigenvalue weighted by molar-refractivity contribution is 7.19. The van der Waals surface area contributed by atoms with Gasteiger partial charge < -0.3 is 10.5 Å². The van der Waals surface area contributed by atoms with Gasteiger partial charge in [0, 0.05) is 18.1 Å². The van der Waals surface area contributed by atoms with E-state index >= 15 is 0 Å². The summed E-state index contributed by atoms with van der Waals surface area (Å²) in [4.78, 5) is 6.17. The molecule has 0 spiro atoms. The summed E-state index contributed by atoms with van der Waals surface area (Å²) in [5.41, 5.74) is 8.59. The Labute approximate surface area is 162 Å². The summed E-state index contributed by atoms with van der Waals surface area (Å²) in [5.74, 6) is -0.261. The van der Waals surface area contributed by atoms with Crippen LogP contribution in [0.25, 0.3) is 32.4 Å². The summed E-state index contributed by atoms with van der Waals surface area (Å²) in [6.07, 6.45) is 0.695.